The van der Waals surface area contributed by atoms with E-state index in [-0.39, 0.29) is 17.3 Å². The molecular weight excluding hydrogens is 308 g/mol. The lowest BCUT2D eigenvalue weighted by Crippen LogP contribution is -2.62. The highest BCUT2D eigenvalue weighted by atomic mass is 16.6. The lowest BCUT2D eigenvalue weighted by molar-refractivity contribution is -0.0435. The van der Waals surface area contributed by atoms with Crippen LogP contribution < -0.4 is 4.90 Å². The molecule has 0 atom stereocenters. The molecule has 0 saturated carbocycles. The van der Waals surface area contributed by atoms with Crippen LogP contribution in [0.3, 0.4) is 0 Å². The van der Waals surface area contributed by atoms with Crippen LogP contribution in [0.1, 0.15) is 39.4 Å². The molecule has 3 rings (SSSR count). The molecule has 3 heterocycles. The minimum absolute atomic E-state index is 0.139. The van der Waals surface area contributed by atoms with E-state index in [0.29, 0.717) is 5.95 Å². The minimum Gasteiger partial charge on any atom is -0.444 e. The van der Waals surface area contributed by atoms with Crippen molar-refractivity contribution in [2.24, 2.45) is 5.41 Å². The van der Waals surface area contributed by atoms with Gasteiger partial charge in [-0.1, -0.05) is 0 Å². The molecule has 8 nitrogen and oxygen atoms in total. The number of hydrogen-bond acceptors (Lipinski definition) is 7. The molecule has 0 radical (unpaired) electrons. The number of likely N-dealkylation sites (tertiary alicyclic amines) is 1. The molecule has 24 heavy (non-hydrogen) atoms. The van der Waals surface area contributed by atoms with Gasteiger partial charge >= 0.3 is 6.09 Å². The summed E-state index contributed by atoms with van der Waals surface area (Å²) in [6, 6.07) is 1.93. The van der Waals surface area contributed by atoms with Gasteiger partial charge in [-0.05, 0) is 33.6 Å². The highest BCUT2D eigenvalue weighted by Crippen LogP contribution is 2.41. The molecule has 1 spiro atoms. The summed E-state index contributed by atoms with van der Waals surface area (Å²) in [5.41, 5.74) is -0.279. The topological polar surface area (TPSA) is 95.2 Å². The van der Waals surface area contributed by atoms with Crippen molar-refractivity contribution in [2.45, 2.75) is 39.2 Å². The third kappa shape index (κ3) is 3.40. The number of carbonyl (C=O) groups is 1. The van der Waals surface area contributed by atoms with E-state index in [1.165, 1.54) is 6.33 Å². The molecule has 0 aliphatic carbocycles. The van der Waals surface area contributed by atoms with E-state index < -0.39 is 5.60 Å². The van der Waals surface area contributed by atoms with E-state index in [0.717, 1.165) is 39.0 Å². The summed E-state index contributed by atoms with van der Waals surface area (Å²) in [5.74, 6) is 0.694. The van der Waals surface area contributed by atoms with E-state index >= 15 is 0 Å². The molecular formula is C16H22N6O2. The zero-order chi connectivity index (χ0) is 17.4. The second kappa shape index (κ2) is 5.89. The van der Waals surface area contributed by atoms with Crippen LogP contribution in [0.4, 0.5) is 10.7 Å². The number of nitriles is 1. The predicted octanol–water partition coefficient (Wildman–Crippen LogP) is 1.58. The SMILES string of the molecule is CC(C)(C)OC(=O)N1CC2(CCN(c3ncnc(C#N)n3)CC2)C1. The van der Waals surface area contributed by atoms with Gasteiger partial charge in [-0.2, -0.15) is 10.2 Å². The molecule has 1 amide bonds. The van der Waals surface area contributed by atoms with Gasteiger partial charge in [0.2, 0.25) is 11.8 Å². The van der Waals surface area contributed by atoms with Gasteiger partial charge in [0.1, 0.15) is 18.0 Å². The maximum atomic E-state index is 12.1. The molecule has 128 valence electrons. The lowest BCUT2D eigenvalue weighted by atomic mass is 9.72. The summed E-state index contributed by atoms with van der Waals surface area (Å²) in [5, 5.41) is 8.88. The fraction of sp³-hybridized carbons (Fsp3) is 0.688. The number of aromatic nitrogens is 3. The zero-order valence-electron chi connectivity index (χ0n) is 14.3. The fourth-order valence-corrected chi connectivity index (χ4v) is 3.21. The number of piperidine rings is 1. The molecule has 2 saturated heterocycles. The minimum atomic E-state index is -0.458. The number of anilines is 1. The summed E-state index contributed by atoms with van der Waals surface area (Å²) in [4.78, 5) is 28.0. The number of hydrogen-bond donors (Lipinski definition) is 0. The second-order valence-electron chi connectivity index (χ2n) is 7.54. The summed E-state index contributed by atoms with van der Waals surface area (Å²) in [6.07, 6.45) is 3.09. The Kier molecular flexibility index (Phi) is 4.03. The van der Waals surface area contributed by atoms with Crippen LogP contribution >= 0.6 is 0 Å². The Bertz CT molecular complexity index is 662. The van der Waals surface area contributed by atoms with Crippen molar-refractivity contribution in [3.63, 3.8) is 0 Å². The molecule has 8 heteroatoms. The zero-order valence-corrected chi connectivity index (χ0v) is 14.3. The predicted molar refractivity (Wildman–Crippen MR) is 86.2 cm³/mol. The lowest BCUT2D eigenvalue weighted by Gasteiger charge is -2.53. The number of ether oxygens (including phenoxy) is 1. The van der Waals surface area contributed by atoms with Crippen molar-refractivity contribution in [3.8, 4) is 6.07 Å². The molecule has 1 aromatic rings. The van der Waals surface area contributed by atoms with Crippen LogP contribution in [0.25, 0.3) is 0 Å². The fourth-order valence-electron chi connectivity index (χ4n) is 3.21. The molecule has 2 aliphatic rings. The molecule has 0 unspecified atom stereocenters. The molecule has 2 aliphatic heterocycles. The van der Waals surface area contributed by atoms with Crippen LogP contribution in [-0.4, -0.2) is 57.7 Å². The van der Waals surface area contributed by atoms with Crippen LogP contribution in [0.2, 0.25) is 0 Å². The first-order valence-corrected chi connectivity index (χ1v) is 8.12. The van der Waals surface area contributed by atoms with Gasteiger partial charge in [-0.3, -0.25) is 0 Å². The van der Waals surface area contributed by atoms with Crippen molar-refractivity contribution < 1.29 is 9.53 Å². The van der Waals surface area contributed by atoms with E-state index in [1.807, 2.05) is 26.8 Å². The van der Waals surface area contributed by atoms with E-state index in [1.54, 1.807) is 4.90 Å². The summed E-state index contributed by atoms with van der Waals surface area (Å²) < 4.78 is 5.41. The third-order valence-electron chi connectivity index (χ3n) is 4.47. The quantitative estimate of drug-likeness (QED) is 0.771. The summed E-state index contributed by atoms with van der Waals surface area (Å²) >= 11 is 0. The van der Waals surface area contributed by atoms with E-state index in [4.69, 9.17) is 10.00 Å². The summed E-state index contributed by atoms with van der Waals surface area (Å²) in [7, 11) is 0. The van der Waals surface area contributed by atoms with E-state index in [9.17, 15) is 4.79 Å². The van der Waals surface area contributed by atoms with Crippen molar-refractivity contribution in [1.82, 2.24) is 19.9 Å². The third-order valence-corrected chi connectivity index (χ3v) is 4.47. The Hall–Kier alpha value is -2.43. The van der Waals surface area contributed by atoms with Crippen LogP contribution in [0, 0.1) is 16.7 Å². The van der Waals surface area contributed by atoms with Crippen LogP contribution in [0.15, 0.2) is 6.33 Å². The Morgan fingerprint density at radius 2 is 1.96 bits per heavy atom. The molecule has 0 N–H and O–H groups in total. The first kappa shape index (κ1) is 16.4. The smallest absolute Gasteiger partial charge is 0.410 e. The monoisotopic (exact) mass is 330 g/mol. The second-order valence-corrected chi connectivity index (χ2v) is 7.54. The molecule has 2 fully saturated rings. The normalized spacial score (nSPS) is 19.6. The maximum absolute atomic E-state index is 12.1. The maximum Gasteiger partial charge on any atom is 0.410 e. The van der Waals surface area contributed by atoms with Crippen LogP contribution in [-0.2, 0) is 4.74 Å². The highest BCUT2D eigenvalue weighted by molar-refractivity contribution is 5.69. The van der Waals surface area contributed by atoms with Crippen molar-refractivity contribution in [3.05, 3.63) is 12.2 Å². The first-order chi connectivity index (χ1) is 11.3. The van der Waals surface area contributed by atoms with Crippen molar-refractivity contribution in [2.75, 3.05) is 31.1 Å². The number of carbonyl (C=O) groups excluding carboxylic acids is 1. The van der Waals surface area contributed by atoms with Gasteiger partial charge < -0.3 is 14.5 Å². The molecule has 1 aromatic heterocycles. The van der Waals surface area contributed by atoms with Gasteiger partial charge in [0.25, 0.3) is 0 Å². The van der Waals surface area contributed by atoms with Gasteiger partial charge in [0.15, 0.2) is 0 Å². The van der Waals surface area contributed by atoms with Crippen molar-refractivity contribution in [1.29, 1.82) is 5.26 Å². The molecule has 0 bridgehead atoms. The largest absolute Gasteiger partial charge is 0.444 e. The van der Waals surface area contributed by atoms with Crippen LogP contribution in [0.5, 0.6) is 0 Å². The van der Waals surface area contributed by atoms with Gasteiger partial charge in [-0.25, -0.2) is 14.8 Å². The van der Waals surface area contributed by atoms with Gasteiger partial charge in [-0.15, -0.1) is 0 Å². The number of rotatable bonds is 1. The number of amides is 1. The Morgan fingerprint density at radius 3 is 2.54 bits per heavy atom. The molecule has 0 aromatic carbocycles. The Balaban J connectivity index is 1.53. The Labute approximate surface area is 141 Å². The average Bonchev–Trinajstić information content (AvgIpc) is 2.51. The standard InChI is InChI=1S/C16H22N6O2/c1-15(2,3)24-14(23)22-9-16(10-22)4-6-21(7-5-16)13-19-11-18-12(8-17)20-13/h11H,4-7,9-10H2,1-3H3. The van der Waals surface area contributed by atoms with E-state index in [2.05, 4.69) is 19.9 Å². The number of nitrogens with zero attached hydrogens (tertiary/aromatic N) is 6. The first-order valence-electron chi connectivity index (χ1n) is 8.12. The average molecular weight is 330 g/mol. The Morgan fingerprint density at radius 1 is 1.29 bits per heavy atom. The van der Waals surface area contributed by atoms with Gasteiger partial charge in [0, 0.05) is 31.6 Å². The van der Waals surface area contributed by atoms with Gasteiger partial charge in [0.05, 0.1) is 0 Å². The summed E-state index contributed by atoms with van der Waals surface area (Å²) in [6.45, 7) is 8.76. The highest BCUT2D eigenvalue weighted by Gasteiger charge is 2.48. The van der Waals surface area contributed by atoms with Crippen molar-refractivity contribution >= 4 is 12.0 Å².